The van der Waals surface area contributed by atoms with Crippen LogP contribution in [0.4, 0.5) is 13.2 Å². The summed E-state index contributed by atoms with van der Waals surface area (Å²) in [6, 6.07) is 5.35. The molecule has 1 unspecified atom stereocenters. The lowest BCUT2D eigenvalue weighted by molar-refractivity contribution is -0.153. The van der Waals surface area contributed by atoms with E-state index in [0.717, 1.165) is 31.4 Å². The van der Waals surface area contributed by atoms with Crippen LogP contribution in [0.2, 0.25) is 0 Å². The van der Waals surface area contributed by atoms with Gasteiger partial charge in [0.05, 0.1) is 6.54 Å². The molecule has 2 rings (SSSR count). The van der Waals surface area contributed by atoms with Gasteiger partial charge in [-0.2, -0.15) is 13.2 Å². The first-order chi connectivity index (χ1) is 14.7. The largest absolute Gasteiger partial charge is 0.484 e. The van der Waals surface area contributed by atoms with Crippen molar-refractivity contribution in [2.45, 2.75) is 65.2 Å². The normalized spacial score (nSPS) is 15.9. The van der Waals surface area contributed by atoms with Gasteiger partial charge < -0.3 is 20.3 Å². The van der Waals surface area contributed by atoms with Crippen molar-refractivity contribution in [2.75, 3.05) is 26.2 Å². The topological polar surface area (TPSA) is 66.0 Å². The van der Waals surface area contributed by atoms with Crippen molar-refractivity contribution in [1.29, 1.82) is 0 Å². The van der Waals surface area contributed by atoms with E-state index in [2.05, 4.69) is 22.5 Å². The van der Waals surface area contributed by atoms with Crippen molar-refractivity contribution < 1.29 is 22.7 Å². The molecule has 0 aliphatic carbocycles. The molecule has 1 aromatic carbocycles. The van der Waals surface area contributed by atoms with Crippen LogP contribution in [0.5, 0.6) is 5.75 Å². The summed E-state index contributed by atoms with van der Waals surface area (Å²) in [6.45, 7) is 6.78. The standard InChI is InChI=1S/C22H33F3N4O2/c1-4-18(29-12-6-7-20(29)30)10-11-27-21(26-5-2)28-14-17-9-8-16(3)13-19(17)31-15-22(23,24)25/h8-9,13,18H,4-7,10-12,14-15H2,1-3H3,(H2,26,27,28). The first kappa shape index (κ1) is 24.8. The third kappa shape index (κ3) is 8.30. The zero-order valence-corrected chi connectivity index (χ0v) is 18.5. The maximum absolute atomic E-state index is 12.6. The van der Waals surface area contributed by atoms with E-state index in [-0.39, 0.29) is 24.2 Å². The highest BCUT2D eigenvalue weighted by Gasteiger charge is 2.29. The molecular formula is C22H33F3N4O2. The molecule has 9 heteroatoms. The van der Waals surface area contributed by atoms with E-state index in [9.17, 15) is 18.0 Å². The SMILES string of the molecule is CCNC(=NCc1ccc(C)cc1OCC(F)(F)F)NCCC(CC)N1CCCC1=O. The van der Waals surface area contributed by atoms with Gasteiger partial charge in [0.2, 0.25) is 5.91 Å². The van der Waals surface area contributed by atoms with Gasteiger partial charge in [-0.15, -0.1) is 0 Å². The number of nitrogens with one attached hydrogen (secondary N) is 2. The minimum absolute atomic E-state index is 0.185. The number of hydrogen-bond acceptors (Lipinski definition) is 3. The number of carbonyl (C=O) groups is 1. The van der Waals surface area contributed by atoms with Gasteiger partial charge in [-0.3, -0.25) is 4.79 Å². The molecule has 0 spiro atoms. The fourth-order valence-electron chi connectivity index (χ4n) is 3.58. The molecule has 31 heavy (non-hydrogen) atoms. The van der Waals surface area contributed by atoms with Crippen molar-refractivity contribution in [3.05, 3.63) is 29.3 Å². The summed E-state index contributed by atoms with van der Waals surface area (Å²) in [5.41, 5.74) is 1.40. The van der Waals surface area contributed by atoms with Gasteiger partial charge >= 0.3 is 6.18 Å². The van der Waals surface area contributed by atoms with Crippen LogP contribution in [0.3, 0.4) is 0 Å². The predicted octanol–water partition coefficient (Wildman–Crippen LogP) is 3.78. The monoisotopic (exact) mass is 442 g/mol. The Kier molecular flexibility index (Phi) is 9.45. The van der Waals surface area contributed by atoms with Gasteiger partial charge in [0.15, 0.2) is 12.6 Å². The third-order valence-electron chi connectivity index (χ3n) is 5.16. The Hall–Kier alpha value is -2.45. The second kappa shape index (κ2) is 11.8. The number of ether oxygens (including phenoxy) is 1. The first-order valence-electron chi connectivity index (χ1n) is 10.8. The van der Waals surface area contributed by atoms with Gasteiger partial charge in [-0.05, 0) is 44.7 Å². The van der Waals surface area contributed by atoms with Crippen LogP contribution >= 0.6 is 0 Å². The molecule has 1 aliphatic rings. The maximum Gasteiger partial charge on any atom is 0.422 e. The molecule has 1 saturated heterocycles. The Morgan fingerprint density at radius 3 is 2.68 bits per heavy atom. The minimum atomic E-state index is -4.40. The number of likely N-dealkylation sites (tertiary alicyclic amines) is 1. The van der Waals surface area contributed by atoms with E-state index >= 15 is 0 Å². The molecule has 1 aliphatic heterocycles. The van der Waals surface area contributed by atoms with Crippen LogP contribution in [0.15, 0.2) is 23.2 Å². The van der Waals surface area contributed by atoms with E-state index in [1.807, 2.05) is 17.9 Å². The van der Waals surface area contributed by atoms with Crippen molar-refractivity contribution >= 4 is 11.9 Å². The Labute approximate surface area is 182 Å². The van der Waals surface area contributed by atoms with Gasteiger partial charge in [-0.25, -0.2) is 4.99 Å². The zero-order valence-electron chi connectivity index (χ0n) is 18.5. The number of rotatable bonds is 10. The lowest BCUT2D eigenvalue weighted by Crippen LogP contribution is -2.42. The molecule has 6 nitrogen and oxygen atoms in total. The summed E-state index contributed by atoms with van der Waals surface area (Å²) in [7, 11) is 0. The minimum Gasteiger partial charge on any atom is -0.484 e. The van der Waals surface area contributed by atoms with Gasteiger partial charge in [-0.1, -0.05) is 19.1 Å². The Morgan fingerprint density at radius 1 is 1.29 bits per heavy atom. The maximum atomic E-state index is 12.6. The van der Waals surface area contributed by atoms with Gasteiger partial charge in [0, 0.05) is 37.7 Å². The first-order valence-corrected chi connectivity index (χ1v) is 10.8. The van der Waals surface area contributed by atoms with Crippen LogP contribution in [-0.2, 0) is 11.3 Å². The summed E-state index contributed by atoms with van der Waals surface area (Å²) < 4.78 is 42.7. The molecule has 174 valence electrons. The molecule has 2 N–H and O–H groups in total. The lowest BCUT2D eigenvalue weighted by Gasteiger charge is -2.27. The molecule has 1 heterocycles. The van der Waals surface area contributed by atoms with Crippen molar-refractivity contribution in [1.82, 2.24) is 15.5 Å². The van der Waals surface area contributed by atoms with Crippen LogP contribution < -0.4 is 15.4 Å². The van der Waals surface area contributed by atoms with Crippen LogP contribution in [0.1, 0.15) is 50.7 Å². The summed E-state index contributed by atoms with van der Waals surface area (Å²) in [5, 5.41) is 6.41. The van der Waals surface area contributed by atoms with E-state index in [1.165, 1.54) is 0 Å². The number of amides is 1. The third-order valence-corrected chi connectivity index (χ3v) is 5.16. The summed E-state index contributed by atoms with van der Waals surface area (Å²) in [5.74, 6) is 0.987. The van der Waals surface area contributed by atoms with Crippen molar-refractivity contribution in [2.24, 2.45) is 4.99 Å². The molecule has 1 amide bonds. The van der Waals surface area contributed by atoms with Crippen molar-refractivity contribution in [3.63, 3.8) is 0 Å². The van der Waals surface area contributed by atoms with Gasteiger partial charge in [0.1, 0.15) is 5.75 Å². The number of hydrogen-bond donors (Lipinski definition) is 2. The van der Waals surface area contributed by atoms with Crippen LogP contribution in [0.25, 0.3) is 0 Å². The second-order valence-electron chi connectivity index (χ2n) is 7.68. The molecule has 0 bridgehead atoms. The van der Waals surface area contributed by atoms with E-state index in [1.54, 1.807) is 19.1 Å². The highest BCUT2D eigenvalue weighted by molar-refractivity contribution is 5.80. The van der Waals surface area contributed by atoms with E-state index < -0.39 is 12.8 Å². The average molecular weight is 443 g/mol. The number of alkyl halides is 3. The highest BCUT2D eigenvalue weighted by atomic mass is 19.4. The number of guanidine groups is 1. The molecule has 0 aromatic heterocycles. The average Bonchev–Trinajstić information content (AvgIpc) is 3.13. The number of benzene rings is 1. The Morgan fingerprint density at radius 2 is 2.06 bits per heavy atom. The van der Waals surface area contributed by atoms with Crippen LogP contribution in [0, 0.1) is 6.92 Å². The summed E-state index contributed by atoms with van der Waals surface area (Å²) >= 11 is 0. The predicted molar refractivity (Wildman–Crippen MR) is 115 cm³/mol. The Bertz CT molecular complexity index is 753. The molecule has 0 radical (unpaired) electrons. The van der Waals surface area contributed by atoms with Crippen LogP contribution in [-0.4, -0.2) is 55.2 Å². The summed E-state index contributed by atoms with van der Waals surface area (Å²) in [6.07, 6.45) is -1.15. The fraction of sp³-hybridized carbons (Fsp3) is 0.636. The Balaban J connectivity index is 1.98. The molecule has 1 atom stereocenters. The summed E-state index contributed by atoms with van der Waals surface area (Å²) in [4.78, 5) is 18.5. The smallest absolute Gasteiger partial charge is 0.422 e. The number of halogens is 3. The highest BCUT2D eigenvalue weighted by Crippen LogP contribution is 2.24. The van der Waals surface area contributed by atoms with E-state index in [4.69, 9.17) is 4.74 Å². The molecule has 1 aromatic rings. The van der Waals surface area contributed by atoms with Crippen molar-refractivity contribution in [3.8, 4) is 5.75 Å². The zero-order chi connectivity index (χ0) is 22.9. The number of aliphatic imine (C=N–C) groups is 1. The van der Waals surface area contributed by atoms with E-state index in [0.29, 0.717) is 31.0 Å². The molecule has 0 saturated carbocycles. The fourth-order valence-corrected chi connectivity index (χ4v) is 3.58. The lowest BCUT2D eigenvalue weighted by atomic mass is 10.1. The number of nitrogens with zero attached hydrogens (tertiary/aromatic N) is 2. The number of aryl methyl sites for hydroxylation is 1. The molecule has 1 fully saturated rings. The number of carbonyl (C=O) groups excluding carboxylic acids is 1. The van der Waals surface area contributed by atoms with Gasteiger partial charge in [0.25, 0.3) is 0 Å². The second-order valence-corrected chi connectivity index (χ2v) is 7.68. The molecular weight excluding hydrogens is 409 g/mol. The quantitative estimate of drug-likeness (QED) is 0.428.